The third-order valence-corrected chi connectivity index (χ3v) is 3.71. The summed E-state index contributed by atoms with van der Waals surface area (Å²) in [4.78, 5) is 24.6. The molecule has 1 aromatic rings. The van der Waals surface area contributed by atoms with E-state index in [4.69, 9.17) is 9.94 Å². The third kappa shape index (κ3) is 4.03. The molecule has 1 saturated heterocycles. The first-order valence-corrected chi connectivity index (χ1v) is 7.66. The lowest BCUT2D eigenvalue weighted by Crippen LogP contribution is -2.30. The summed E-state index contributed by atoms with van der Waals surface area (Å²) in [6.45, 7) is 3.70. The van der Waals surface area contributed by atoms with Crippen molar-refractivity contribution in [2.75, 3.05) is 11.4 Å². The molecule has 24 heavy (non-hydrogen) atoms. The van der Waals surface area contributed by atoms with Crippen molar-refractivity contribution in [3.05, 3.63) is 29.6 Å². The van der Waals surface area contributed by atoms with Gasteiger partial charge in [-0.2, -0.15) is 0 Å². The Morgan fingerprint density at radius 3 is 2.96 bits per heavy atom. The lowest BCUT2D eigenvalue weighted by Gasteiger charge is -2.14. The van der Waals surface area contributed by atoms with E-state index in [2.05, 4.69) is 11.8 Å². The van der Waals surface area contributed by atoms with Gasteiger partial charge >= 0.3 is 6.09 Å². The molecule has 0 saturated carbocycles. The van der Waals surface area contributed by atoms with E-state index in [-0.39, 0.29) is 18.5 Å². The summed E-state index contributed by atoms with van der Waals surface area (Å²) in [5.74, 6) is 3.95. The van der Waals surface area contributed by atoms with Crippen molar-refractivity contribution in [2.45, 2.75) is 32.8 Å². The van der Waals surface area contributed by atoms with Crippen molar-refractivity contribution in [3.8, 4) is 11.8 Å². The number of anilines is 1. The summed E-state index contributed by atoms with van der Waals surface area (Å²) in [7, 11) is 0. The van der Waals surface area contributed by atoms with Gasteiger partial charge in [0.2, 0.25) is 5.91 Å². The Balaban J connectivity index is 2.09. The summed E-state index contributed by atoms with van der Waals surface area (Å²) >= 11 is 0. The Bertz CT molecular complexity index is 696. The number of rotatable bonds is 4. The second kappa shape index (κ2) is 7.79. The summed E-state index contributed by atoms with van der Waals surface area (Å²) in [6.07, 6.45) is -0.214. The molecule has 1 fully saturated rings. The maximum atomic E-state index is 14.1. The molecule has 1 aliphatic rings. The first kappa shape index (κ1) is 17.8. The Morgan fingerprint density at radius 1 is 1.58 bits per heavy atom. The highest BCUT2D eigenvalue weighted by molar-refractivity contribution is 5.90. The van der Waals surface area contributed by atoms with Gasteiger partial charge in [0, 0.05) is 12.3 Å². The largest absolute Gasteiger partial charge is 0.444 e. The van der Waals surface area contributed by atoms with E-state index in [9.17, 15) is 14.0 Å². The fourth-order valence-corrected chi connectivity index (χ4v) is 2.42. The number of hydrogen-bond acceptors (Lipinski definition) is 4. The Labute approximate surface area is 139 Å². The van der Waals surface area contributed by atoms with Crippen molar-refractivity contribution in [2.24, 2.45) is 5.92 Å². The average Bonchev–Trinajstić information content (AvgIpc) is 2.93. The van der Waals surface area contributed by atoms with Crippen LogP contribution in [0.1, 0.15) is 32.3 Å². The molecule has 2 rings (SSSR count). The highest BCUT2D eigenvalue weighted by atomic mass is 19.1. The maximum Gasteiger partial charge on any atom is 0.414 e. The highest BCUT2D eigenvalue weighted by Crippen LogP contribution is 2.26. The normalized spacial score (nSPS) is 17.8. The number of ether oxygens (including phenoxy) is 1. The average molecular weight is 334 g/mol. The minimum absolute atomic E-state index is 0.210. The van der Waals surface area contributed by atoms with Crippen LogP contribution < -0.4 is 10.4 Å². The molecule has 2 atom stereocenters. The number of carbonyl (C=O) groups excluding carboxylic acids is 2. The molecule has 7 heteroatoms. The maximum absolute atomic E-state index is 14.1. The van der Waals surface area contributed by atoms with E-state index in [1.165, 1.54) is 17.0 Å². The molecule has 0 bridgehead atoms. The first-order valence-electron chi connectivity index (χ1n) is 7.66. The predicted octanol–water partition coefficient (Wildman–Crippen LogP) is 2.44. The molecule has 0 spiro atoms. The van der Waals surface area contributed by atoms with Crippen LogP contribution in [0.5, 0.6) is 0 Å². The van der Waals surface area contributed by atoms with Crippen molar-refractivity contribution in [1.29, 1.82) is 0 Å². The Kier molecular flexibility index (Phi) is 5.77. The summed E-state index contributed by atoms with van der Waals surface area (Å²) in [5.41, 5.74) is 2.22. The predicted molar refractivity (Wildman–Crippen MR) is 84.9 cm³/mol. The van der Waals surface area contributed by atoms with E-state index in [0.717, 1.165) is 0 Å². The van der Waals surface area contributed by atoms with Gasteiger partial charge in [0.25, 0.3) is 0 Å². The van der Waals surface area contributed by atoms with Crippen LogP contribution in [0.2, 0.25) is 0 Å². The lowest BCUT2D eigenvalue weighted by molar-refractivity contribution is -0.133. The van der Waals surface area contributed by atoms with Gasteiger partial charge in [-0.15, -0.1) is 0 Å². The first-order chi connectivity index (χ1) is 11.5. The summed E-state index contributed by atoms with van der Waals surface area (Å²) < 4.78 is 19.3. The van der Waals surface area contributed by atoms with Gasteiger partial charge < -0.3 is 4.74 Å². The van der Waals surface area contributed by atoms with Crippen LogP contribution in [-0.2, 0) is 9.53 Å². The molecule has 1 aromatic carbocycles. The van der Waals surface area contributed by atoms with Gasteiger partial charge in [-0.3, -0.25) is 14.9 Å². The SMILES string of the molecule is CCC#Cc1ccc(N2CC(CC(C)C(=O)NO)OC2=O)cc1F. The molecule has 0 aromatic heterocycles. The zero-order chi connectivity index (χ0) is 17.7. The quantitative estimate of drug-likeness (QED) is 0.504. The smallest absolute Gasteiger partial charge is 0.414 e. The molecule has 128 valence electrons. The van der Waals surface area contributed by atoms with Crippen LogP contribution in [0.15, 0.2) is 18.2 Å². The molecule has 0 aliphatic carbocycles. The molecule has 2 unspecified atom stereocenters. The van der Waals surface area contributed by atoms with Gasteiger partial charge in [-0.25, -0.2) is 14.7 Å². The molecule has 1 aliphatic heterocycles. The summed E-state index contributed by atoms with van der Waals surface area (Å²) in [6, 6.07) is 4.37. The van der Waals surface area contributed by atoms with Crippen LogP contribution in [0, 0.1) is 23.6 Å². The van der Waals surface area contributed by atoms with E-state index >= 15 is 0 Å². The number of nitrogens with zero attached hydrogens (tertiary/aromatic N) is 1. The van der Waals surface area contributed by atoms with E-state index in [0.29, 0.717) is 12.1 Å². The van der Waals surface area contributed by atoms with Crippen LogP contribution in [0.4, 0.5) is 14.9 Å². The zero-order valence-electron chi connectivity index (χ0n) is 13.5. The van der Waals surface area contributed by atoms with Crippen molar-refractivity contribution >= 4 is 17.7 Å². The number of amides is 2. The number of hydrogen-bond donors (Lipinski definition) is 2. The lowest BCUT2D eigenvalue weighted by atomic mass is 10.0. The topological polar surface area (TPSA) is 78.9 Å². The molecular formula is C17H19FN2O4. The number of nitrogens with one attached hydrogen (secondary N) is 1. The minimum Gasteiger partial charge on any atom is -0.444 e. The minimum atomic E-state index is -0.594. The van der Waals surface area contributed by atoms with Crippen molar-refractivity contribution < 1.29 is 23.9 Å². The van der Waals surface area contributed by atoms with Crippen molar-refractivity contribution in [1.82, 2.24) is 5.48 Å². The van der Waals surface area contributed by atoms with Crippen LogP contribution in [-0.4, -0.2) is 29.9 Å². The number of hydroxylamine groups is 1. The van der Waals surface area contributed by atoms with Crippen molar-refractivity contribution in [3.63, 3.8) is 0 Å². The summed E-state index contributed by atoms with van der Waals surface area (Å²) in [5, 5.41) is 8.61. The van der Waals surface area contributed by atoms with E-state index < -0.39 is 29.8 Å². The van der Waals surface area contributed by atoms with Gasteiger partial charge in [0.15, 0.2) is 0 Å². The Morgan fingerprint density at radius 2 is 2.33 bits per heavy atom. The molecule has 6 nitrogen and oxygen atoms in total. The third-order valence-electron chi connectivity index (χ3n) is 3.71. The number of benzene rings is 1. The van der Waals surface area contributed by atoms with Crippen LogP contribution >= 0.6 is 0 Å². The molecule has 1 heterocycles. The Hall–Kier alpha value is -2.59. The highest BCUT2D eigenvalue weighted by Gasteiger charge is 2.34. The second-order valence-corrected chi connectivity index (χ2v) is 5.55. The van der Waals surface area contributed by atoms with Gasteiger partial charge in [-0.1, -0.05) is 25.7 Å². The molecule has 2 amide bonds. The van der Waals surface area contributed by atoms with Crippen LogP contribution in [0.3, 0.4) is 0 Å². The number of cyclic esters (lactones) is 1. The standard InChI is InChI=1S/C17H19FN2O4/c1-3-4-5-12-6-7-13(9-15(12)18)20-10-14(24-17(20)22)8-11(2)16(21)19-23/h6-7,9,11,14,23H,3,8,10H2,1-2H3,(H,19,21). The van der Waals surface area contributed by atoms with Gasteiger partial charge in [0.05, 0.1) is 17.8 Å². The molecule has 2 N–H and O–H groups in total. The number of carbonyl (C=O) groups is 2. The monoisotopic (exact) mass is 334 g/mol. The fraction of sp³-hybridized carbons (Fsp3) is 0.412. The fourth-order valence-electron chi connectivity index (χ4n) is 2.42. The number of halogens is 1. The second-order valence-electron chi connectivity index (χ2n) is 5.55. The van der Waals surface area contributed by atoms with Gasteiger partial charge in [0.1, 0.15) is 11.9 Å². The van der Waals surface area contributed by atoms with E-state index in [1.54, 1.807) is 18.5 Å². The van der Waals surface area contributed by atoms with Gasteiger partial charge in [-0.05, 0) is 24.6 Å². The molecule has 0 radical (unpaired) electrons. The van der Waals surface area contributed by atoms with E-state index in [1.807, 2.05) is 6.92 Å². The van der Waals surface area contributed by atoms with Crippen LogP contribution in [0.25, 0.3) is 0 Å². The molecular weight excluding hydrogens is 315 g/mol. The zero-order valence-corrected chi connectivity index (χ0v) is 13.5.